The molecule has 29 heavy (non-hydrogen) atoms. The fourth-order valence-corrected chi connectivity index (χ4v) is 4.62. The molecule has 1 aliphatic rings. The maximum absolute atomic E-state index is 12.4. The second kappa shape index (κ2) is 9.31. The number of hydrogen-bond acceptors (Lipinski definition) is 4. The smallest absolute Gasteiger partial charge is 0.251 e. The molecule has 0 aliphatic carbocycles. The quantitative estimate of drug-likeness (QED) is 0.753. The normalized spacial score (nSPS) is 14.5. The summed E-state index contributed by atoms with van der Waals surface area (Å²) in [5.41, 5.74) is 3.34. The van der Waals surface area contributed by atoms with Gasteiger partial charge in [0.15, 0.2) is 0 Å². The second-order valence-electron chi connectivity index (χ2n) is 7.37. The SMILES string of the molecule is CCN(c1ccc(C(=O)NCc2ccc(N3CCCCC3)cc2)cc1)S(C)(=O)=O. The molecule has 1 fully saturated rings. The molecule has 2 aromatic carbocycles. The number of nitrogens with zero attached hydrogens (tertiary/aromatic N) is 2. The molecule has 156 valence electrons. The van der Waals surface area contributed by atoms with Gasteiger partial charge in [0.2, 0.25) is 10.0 Å². The fourth-order valence-electron chi connectivity index (χ4n) is 3.65. The number of nitrogens with one attached hydrogen (secondary N) is 1. The van der Waals surface area contributed by atoms with Gasteiger partial charge in [-0.25, -0.2) is 8.42 Å². The number of rotatable bonds is 7. The van der Waals surface area contributed by atoms with Gasteiger partial charge in [-0.15, -0.1) is 0 Å². The van der Waals surface area contributed by atoms with Gasteiger partial charge < -0.3 is 10.2 Å². The third-order valence-corrected chi connectivity index (χ3v) is 6.49. The third kappa shape index (κ3) is 5.50. The van der Waals surface area contributed by atoms with Gasteiger partial charge in [0.25, 0.3) is 5.91 Å². The Bertz CT molecular complexity index is 919. The van der Waals surface area contributed by atoms with Crippen molar-refractivity contribution < 1.29 is 13.2 Å². The van der Waals surface area contributed by atoms with Crippen LogP contribution in [0.2, 0.25) is 0 Å². The highest BCUT2D eigenvalue weighted by atomic mass is 32.2. The lowest BCUT2D eigenvalue weighted by molar-refractivity contribution is 0.0951. The number of amides is 1. The lowest BCUT2D eigenvalue weighted by Crippen LogP contribution is -2.29. The Labute approximate surface area is 173 Å². The summed E-state index contributed by atoms with van der Waals surface area (Å²) < 4.78 is 24.9. The maximum atomic E-state index is 12.4. The van der Waals surface area contributed by atoms with E-state index in [0.717, 1.165) is 18.7 Å². The lowest BCUT2D eigenvalue weighted by atomic mass is 10.1. The molecule has 0 radical (unpaired) electrons. The first kappa shape index (κ1) is 21.2. The molecule has 0 unspecified atom stereocenters. The molecule has 0 aromatic heterocycles. The van der Waals surface area contributed by atoms with Crippen molar-refractivity contribution in [3.05, 3.63) is 59.7 Å². The highest BCUT2D eigenvalue weighted by molar-refractivity contribution is 7.92. The van der Waals surface area contributed by atoms with Crippen molar-refractivity contribution in [2.75, 3.05) is 35.1 Å². The molecule has 1 N–H and O–H groups in total. The van der Waals surface area contributed by atoms with Crippen LogP contribution in [0.1, 0.15) is 42.1 Å². The highest BCUT2D eigenvalue weighted by Crippen LogP contribution is 2.21. The minimum atomic E-state index is -3.33. The fraction of sp³-hybridized carbons (Fsp3) is 0.409. The van der Waals surface area contributed by atoms with E-state index < -0.39 is 10.0 Å². The minimum Gasteiger partial charge on any atom is -0.372 e. The van der Waals surface area contributed by atoms with Crippen molar-refractivity contribution in [1.29, 1.82) is 0 Å². The predicted octanol–water partition coefficient (Wildman–Crippen LogP) is 3.39. The van der Waals surface area contributed by atoms with Crippen LogP contribution in [0.5, 0.6) is 0 Å². The van der Waals surface area contributed by atoms with E-state index in [2.05, 4.69) is 34.5 Å². The van der Waals surface area contributed by atoms with Gasteiger partial charge in [-0.1, -0.05) is 12.1 Å². The van der Waals surface area contributed by atoms with Crippen molar-refractivity contribution in [2.24, 2.45) is 0 Å². The van der Waals surface area contributed by atoms with E-state index in [1.54, 1.807) is 31.2 Å². The van der Waals surface area contributed by atoms with Crippen LogP contribution in [-0.2, 0) is 16.6 Å². The number of anilines is 2. The largest absolute Gasteiger partial charge is 0.372 e. The first-order valence-corrected chi connectivity index (χ1v) is 11.9. The summed E-state index contributed by atoms with van der Waals surface area (Å²) in [7, 11) is -3.33. The zero-order chi connectivity index (χ0) is 20.9. The van der Waals surface area contributed by atoms with Gasteiger partial charge in [-0.05, 0) is 68.1 Å². The van der Waals surface area contributed by atoms with Crippen LogP contribution in [0, 0.1) is 0 Å². The van der Waals surface area contributed by atoms with Crippen LogP contribution in [-0.4, -0.2) is 40.2 Å². The van der Waals surface area contributed by atoms with E-state index in [1.165, 1.54) is 35.5 Å². The van der Waals surface area contributed by atoms with Crippen molar-refractivity contribution in [3.8, 4) is 0 Å². The summed E-state index contributed by atoms with van der Waals surface area (Å²) in [6.07, 6.45) is 4.98. The Balaban J connectivity index is 1.57. The van der Waals surface area contributed by atoms with Crippen LogP contribution in [0.3, 0.4) is 0 Å². The van der Waals surface area contributed by atoms with E-state index in [0.29, 0.717) is 24.3 Å². The number of benzene rings is 2. The van der Waals surface area contributed by atoms with Crippen LogP contribution in [0.15, 0.2) is 48.5 Å². The summed E-state index contributed by atoms with van der Waals surface area (Å²) >= 11 is 0. The average Bonchev–Trinajstić information content (AvgIpc) is 2.73. The molecule has 1 amide bonds. The summed E-state index contributed by atoms with van der Waals surface area (Å²) in [6, 6.07) is 15.0. The summed E-state index contributed by atoms with van der Waals surface area (Å²) in [5.74, 6) is -0.181. The van der Waals surface area contributed by atoms with Gasteiger partial charge >= 0.3 is 0 Å². The number of carbonyl (C=O) groups excluding carboxylic acids is 1. The molecule has 7 heteroatoms. The Kier molecular flexibility index (Phi) is 6.79. The number of sulfonamides is 1. The molecule has 1 aliphatic heterocycles. The molecule has 0 saturated carbocycles. The van der Waals surface area contributed by atoms with Crippen LogP contribution in [0.4, 0.5) is 11.4 Å². The van der Waals surface area contributed by atoms with E-state index in [1.807, 2.05) is 0 Å². The molecule has 3 rings (SSSR count). The molecular weight excluding hydrogens is 386 g/mol. The average molecular weight is 416 g/mol. The first-order valence-electron chi connectivity index (χ1n) is 10.1. The Morgan fingerprint density at radius 2 is 1.62 bits per heavy atom. The van der Waals surface area contributed by atoms with Gasteiger partial charge in [0.1, 0.15) is 0 Å². The Hall–Kier alpha value is -2.54. The number of carbonyl (C=O) groups is 1. The summed E-state index contributed by atoms with van der Waals surface area (Å²) in [6.45, 7) is 4.79. The molecule has 1 saturated heterocycles. The molecule has 0 spiro atoms. The Morgan fingerprint density at radius 1 is 1.00 bits per heavy atom. The van der Waals surface area contributed by atoms with Crippen LogP contribution >= 0.6 is 0 Å². The van der Waals surface area contributed by atoms with Crippen molar-refractivity contribution >= 4 is 27.3 Å². The van der Waals surface area contributed by atoms with E-state index in [9.17, 15) is 13.2 Å². The zero-order valence-corrected chi connectivity index (χ0v) is 17.9. The van der Waals surface area contributed by atoms with E-state index >= 15 is 0 Å². The van der Waals surface area contributed by atoms with Gasteiger partial charge in [-0.2, -0.15) is 0 Å². The van der Waals surface area contributed by atoms with Gasteiger partial charge in [0, 0.05) is 37.4 Å². The highest BCUT2D eigenvalue weighted by Gasteiger charge is 2.16. The van der Waals surface area contributed by atoms with Crippen molar-refractivity contribution in [2.45, 2.75) is 32.7 Å². The lowest BCUT2D eigenvalue weighted by Gasteiger charge is -2.28. The zero-order valence-electron chi connectivity index (χ0n) is 17.1. The number of piperidine rings is 1. The molecular formula is C22H29N3O3S. The minimum absolute atomic E-state index is 0.181. The molecule has 2 aromatic rings. The van der Waals surface area contributed by atoms with Crippen molar-refractivity contribution in [1.82, 2.24) is 5.32 Å². The Morgan fingerprint density at radius 3 is 2.17 bits per heavy atom. The third-order valence-electron chi connectivity index (χ3n) is 5.22. The van der Waals surface area contributed by atoms with E-state index in [4.69, 9.17) is 0 Å². The second-order valence-corrected chi connectivity index (χ2v) is 9.28. The topological polar surface area (TPSA) is 69.7 Å². The standard InChI is InChI=1S/C22H29N3O3S/c1-3-25(29(2,27)28)21-13-9-19(10-14-21)22(26)23-17-18-7-11-20(12-8-18)24-15-5-4-6-16-24/h7-14H,3-6,15-17H2,1-2H3,(H,23,26). The van der Waals surface area contributed by atoms with E-state index in [-0.39, 0.29) is 5.91 Å². The predicted molar refractivity (Wildman–Crippen MR) is 118 cm³/mol. The van der Waals surface area contributed by atoms with Crippen molar-refractivity contribution in [3.63, 3.8) is 0 Å². The summed E-state index contributed by atoms with van der Waals surface area (Å²) in [4.78, 5) is 14.8. The van der Waals surface area contributed by atoms with Gasteiger partial charge in [-0.3, -0.25) is 9.10 Å². The number of hydrogen-bond donors (Lipinski definition) is 1. The molecule has 0 bridgehead atoms. The van der Waals surface area contributed by atoms with Crippen LogP contribution < -0.4 is 14.5 Å². The molecule has 6 nitrogen and oxygen atoms in total. The van der Waals surface area contributed by atoms with Crippen LogP contribution in [0.25, 0.3) is 0 Å². The molecule has 0 atom stereocenters. The molecule has 1 heterocycles. The first-order chi connectivity index (χ1) is 13.9. The summed E-state index contributed by atoms with van der Waals surface area (Å²) in [5, 5.41) is 2.92. The monoisotopic (exact) mass is 415 g/mol. The maximum Gasteiger partial charge on any atom is 0.251 e. The van der Waals surface area contributed by atoms with Gasteiger partial charge in [0.05, 0.1) is 11.9 Å².